The number of carbonyl (C=O) groups excluding carboxylic acids is 2. The molecule has 2 rings (SSSR count). The number of rotatable bonds is 5. The fourth-order valence-electron chi connectivity index (χ4n) is 1.98. The molecule has 0 heterocycles. The molecule has 2 N–H and O–H groups in total. The molecular weight excluding hydrogens is 252 g/mol. The summed E-state index contributed by atoms with van der Waals surface area (Å²) in [6, 6.07) is 7.17. The summed E-state index contributed by atoms with van der Waals surface area (Å²) in [5.41, 5.74) is 1.69. The van der Waals surface area contributed by atoms with Gasteiger partial charge in [-0.2, -0.15) is 0 Å². The molecule has 1 aliphatic carbocycles. The molecule has 1 saturated carbocycles. The smallest absolute Gasteiger partial charge is 0.251 e. The van der Waals surface area contributed by atoms with Gasteiger partial charge in [0.25, 0.3) is 5.91 Å². The Labute approximate surface area is 119 Å². The van der Waals surface area contributed by atoms with Crippen molar-refractivity contribution >= 4 is 11.8 Å². The molecular formula is C16H22N2O2. The number of amides is 2. The molecule has 1 unspecified atom stereocenters. The largest absolute Gasteiger partial charge is 0.352 e. The SMILES string of the molecule is Cc1ccc(C(=O)NC(C(=O)NC2CC2)C(C)C)cc1. The molecule has 0 radical (unpaired) electrons. The maximum atomic E-state index is 12.2. The van der Waals surface area contributed by atoms with Crippen molar-refractivity contribution in [1.82, 2.24) is 10.6 Å². The molecule has 1 aromatic carbocycles. The van der Waals surface area contributed by atoms with Crippen LogP contribution in [-0.2, 0) is 4.79 Å². The fraction of sp³-hybridized carbons (Fsp3) is 0.500. The minimum absolute atomic E-state index is 0.0585. The Hall–Kier alpha value is -1.84. The van der Waals surface area contributed by atoms with Gasteiger partial charge in [0, 0.05) is 11.6 Å². The lowest BCUT2D eigenvalue weighted by Gasteiger charge is -2.21. The first-order valence-corrected chi connectivity index (χ1v) is 7.15. The number of benzene rings is 1. The van der Waals surface area contributed by atoms with Crippen LogP contribution in [0.2, 0.25) is 0 Å². The molecule has 0 bridgehead atoms. The van der Waals surface area contributed by atoms with Gasteiger partial charge in [-0.25, -0.2) is 0 Å². The van der Waals surface area contributed by atoms with Crippen LogP contribution in [0.4, 0.5) is 0 Å². The molecule has 108 valence electrons. The topological polar surface area (TPSA) is 58.2 Å². The monoisotopic (exact) mass is 274 g/mol. The van der Waals surface area contributed by atoms with Crippen molar-refractivity contribution in [3.8, 4) is 0 Å². The van der Waals surface area contributed by atoms with Crippen LogP contribution >= 0.6 is 0 Å². The van der Waals surface area contributed by atoms with Gasteiger partial charge in [0.15, 0.2) is 0 Å². The molecule has 0 spiro atoms. The van der Waals surface area contributed by atoms with E-state index in [4.69, 9.17) is 0 Å². The van der Waals surface area contributed by atoms with E-state index >= 15 is 0 Å². The van der Waals surface area contributed by atoms with Crippen LogP contribution in [-0.4, -0.2) is 23.9 Å². The Morgan fingerprint density at radius 1 is 1.15 bits per heavy atom. The van der Waals surface area contributed by atoms with Gasteiger partial charge in [-0.1, -0.05) is 31.5 Å². The van der Waals surface area contributed by atoms with Crippen LogP contribution in [0, 0.1) is 12.8 Å². The Morgan fingerprint density at radius 2 is 1.75 bits per heavy atom. The molecule has 1 atom stereocenters. The molecule has 1 aromatic rings. The highest BCUT2D eigenvalue weighted by Crippen LogP contribution is 2.19. The number of nitrogens with one attached hydrogen (secondary N) is 2. The van der Waals surface area contributed by atoms with Gasteiger partial charge >= 0.3 is 0 Å². The maximum absolute atomic E-state index is 12.2. The van der Waals surface area contributed by atoms with Gasteiger partial charge in [0.05, 0.1) is 0 Å². The zero-order valence-corrected chi connectivity index (χ0v) is 12.3. The molecule has 20 heavy (non-hydrogen) atoms. The molecule has 0 saturated heterocycles. The average Bonchev–Trinajstić information content (AvgIpc) is 3.19. The normalized spacial score (nSPS) is 15.8. The van der Waals surface area contributed by atoms with Crippen LogP contribution in [0.3, 0.4) is 0 Å². The van der Waals surface area contributed by atoms with Crippen LogP contribution in [0.1, 0.15) is 42.6 Å². The highest BCUT2D eigenvalue weighted by atomic mass is 16.2. The van der Waals surface area contributed by atoms with E-state index in [-0.39, 0.29) is 17.7 Å². The van der Waals surface area contributed by atoms with E-state index in [1.807, 2.05) is 32.9 Å². The van der Waals surface area contributed by atoms with Gasteiger partial charge in [-0.15, -0.1) is 0 Å². The number of carbonyl (C=O) groups is 2. The second kappa shape index (κ2) is 6.07. The van der Waals surface area contributed by atoms with Crippen LogP contribution < -0.4 is 10.6 Å². The Balaban J connectivity index is 2.01. The standard InChI is InChI=1S/C16H22N2O2/c1-10(2)14(16(20)17-13-8-9-13)18-15(19)12-6-4-11(3)5-7-12/h4-7,10,13-14H,8-9H2,1-3H3,(H,17,20)(H,18,19). The first-order valence-electron chi connectivity index (χ1n) is 7.15. The van der Waals surface area contributed by atoms with E-state index in [9.17, 15) is 9.59 Å². The van der Waals surface area contributed by atoms with Crippen molar-refractivity contribution in [2.45, 2.75) is 45.7 Å². The quantitative estimate of drug-likeness (QED) is 0.863. The third-order valence-corrected chi connectivity index (χ3v) is 3.47. The highest BCUT2D eigenvalue weighted by Gasteiger charge is 2.30. The average molecular weight is 274 g/mol. The van der Waals surface area contributed by atoms with Crippen molar-refractivity contribution in [3.63, 3.8) is 0 Å². The Morgan fingerprint density at radius 3 is 2.25 bits per heavy atom. The minimum atomic E-state index is -0.482. The van der Waals surface area contributed by atoms with Crippen molar-refractivity contribution < 1.29 is 9.59 Å². The third kappa shape index (κ3) is 3.83. The molecule has 4 nitrogen and oxygen atoms in total. The minimum Gasteiger partial charge on any atom is -0.352 e. The van der Waals surface area contributed by atoms with Crippen molar-refractivity contribution in [2.24, 2.45) is 5.92 Å². The third-order valence-electron chi connectivity index (χ3n) is 3.47. The van der Waals surface area contributed by atoms with Crippen LogP contribution in [0.15, 0.2) is 24.3 Å². The predicted octanol–water partition coefficient (Wildman–Crippen LogP) is 2.03. The van der Waals surface area contributed by atoms with Crippen molar-refractivity contribution in [2.75, 3.05) is 0 Å². The summed E-state index contributed by atoms with van der Waals surface area (Å²) in [4.78, 5) is 24.3. The van der Waals surface area contributed by atoms with Crippen molar-refractivity contribution in [3.05, 3.63) is 35.4 Å². The molecule has 2 amide bonds. The number of hydrogen-bond donors (Lipinski definition) is 2. The lowest BCUT2D eigenvalue weighted by atomic mass is 10.0. The van der Waals surface area contributed by atoms with E-state index in [1.165, 1.54) is 0 Å². The number of aryl methyl sites for hydroxylation is 1. The molecule has 1 fully saturated rings. The Bertz CT molecular complexity index is 490. The summed E-state index contributed by atoms with van der Waals surface area (Å²) in [7, 11) is 0. The Kier molecular flexibility index (Phi) is 4.42. The highest BCUT2D eigenvalue weighted by molar-refractivity contribution is 5.97. The lowest BCUT2D eigenvalue weighted by molar-refractivity contribution is -0.124. The van der Waals surface area contributed by atoms with E-state index < -0.39 is 6.04 Å². The first-order chi connectivity index (χ1) is 9.47. The summed E-state index contributed by atoms with van der Waals surface area (Å²) in [5, 5.41) is 5.78. The zero-order valence-electron chi connectivity index (χ0n) is 12.3. The van der Waals surface area contributed by atoms with E-state index in [0.29, 0.717) is 11.6 Å². The summed E-state index contributed by atoms with van der Waals surface area (Å²) in [6.45, 7) is 5.85. The first kappa shape index (κ1) is 14.6. The van der Waals surface area contributed by atoms with Gasteiger partial charge in [-0.05, 0) is 37.8 Å². The number of hydrogen-bond acceptors (Lipinski definition) is 2. The summed E-state index contributed by atoms with van der Waals surface area (Å²) < 4.78 is 0. The lowest BCUT2D eigenvalue weighted by Crippen LogP contribution is -2.50. The van der Waals surface area contributed by atoms with Crippen molar-refractivity contribution in [1.29, 1.82) is 0 Å². The van der Waals surface area contributed by atoms with Gasteiger partial charge in [0.2, 0.25) is 5.91 Å². The molecule has 0 aliphatic heterocycles. The molecule has 0 aromatic heterocycles. The van der Waals surface area contributed by atoms with E-state index in [1.54, 1.807) is 12.1 Å². The van der Waals surface area contributed by atoms with Gasteiger partial charge < -0.3 is 10.6 Å². The van der Waals surface area contributed by atoms with Crippen LogP contribution in [0.25, 0.3) is 0 Å². The molecule has 4 heteroatoms. The predicted molar refractivity (Wildman–Crippen MR) is 78.4 cm³/mol. The zero-order chi connectivity index (χ0) is 14.7. The van der Waals surface area contributed by atoms with Gasteiger partial charge in [-0.3, -0.25) is 9.59 Å². The maximum Gasteiger partial charge on any atom is 0.251 e. The molecule has 1 aliphatic rings. The second-order valence-electron chi connectivity index (χ2n) is 5.84. The van der Waals surface area contributed by atoms with Gasteiger partial charge in [0.1, 0.15) is 6.04 Å². The van der Waals surface area contributed by atoms with E-state index in [2.05, 4.69) is 10.6 Å². The summed E-state index contributed by atoms with van der Waals surface area (Å²) in [6.07, 6.45) is 2.09. The summed E-state index contributed by atoms with van der Waals surface area (Å²) >= 11 is 0. The van der Waals surface area contributed by atoms with Crippen LogP contribution in [0.5, 0.6) is 0 Å². The fourth-order valence-corrected chi connectivity index (χ4v) is 1.98. The summed E-state index contributed by atoms with van der Waals surface area (Å²) in [5.74, 6) is -0.222. The second-order valence-corrected chi connectivity index (χ2v) is 5.84. The van der Waals surface area contributed by atoms with E-state index in [0.717, 1.165) is 18.4 Å².